The number of carbonyl (C=O) groups is 1. The minimum atomic E-state index is -1.58. The number of allylic oxidation sites excluding steroid dienone is 2. The van der Waals surface area contributed by atoms with E-state index in [1.807, 2.05) is 36.9 Å². The molecule has 1 unspecified atom stereocenters. The van der Waals surface area contributed by atoms with E-state index in [1.54, 1.807) is 0 Å². The lowest BCUT2D eigenvalue weighted by Crippen LogP contribution is -2.31. The predicted molar refractivity (Wildman–Crippen MR) is 103 cm³/mol. The SMILES string of the molecule is CCN(CC)C(=O)c1ccccc1C1C=C(O[Si](C)(C)C)CCC1. The molecule has 132 valence electrons. The zero-order chi connectivity index (χ0) is 17.7. The van der Waals surface area contributed by atoms with E-state index in [2.05, 4.69) is 31.8 Å². The molecular formula is C20H31NO2Si. The minimum absolute atomic E-state index is 0.141. The van der Waals surface area contributed by atoms with Gasteiger partial charge >= 0.3 is 0 Å². The summed E-state index contributed by atoms with van der Waals surface area (Å²) < 4.78 is 6.23. The third-order valence-electron chi connectivity index (χ3n) is 4.40. The maximum absolute atomic E-state index is 12.9. The first-order valence-electron chi connectivity index (χ1n) is 9.13. The van der Waals surface area contributed by atoms with Gasteiger partial charge in [0, 0.05) is 31.0 Å². The number of nitrogens with zero attached hydrogens (tertiary/aromatic N) is 1. The van der Waals surface area contributed by atoms with Crippen LogP contribution < -0.4 is 0 Å². The van der Waals surface area contributed by atoms with Crippen molar-refractivity contribution in [2.75, 3.05) is 13.1 Å². The smallest absolute Gasteiger partial charge is 0.254 e. The summed E-state index contributed by atoms with van der Waals surface area (Å²) in [4.78, 5) is 14.8. The Morgan fingerprint density at radius 2 is 1.88 bits per heavy atom. The highest BCUT2D eigenvalue weighted by molar-refractivity contribution is 6.70. The quantitative estimate of drug-likeness (QED) is 0.666. The van der Waals surface area contributed by atoms with Crippen LogP contribution in [0.2, 0.25) is 19.6 Å². The second kappa shape index (κ2) is 8.02. The molecule has 0 fully saturated rings. The van der Waals surface area contributed by atoms with Crippen LogP contribution in [-0.2, 0) is 4.43 Å². The molecule has 1 amide bonds. The average molecular weight is 346 g/mol. The molecule has 4 heteroatoms. The number of benzene rings is 1. The normalized spacial score (nSPS) is 18.0. The van der Waals surface area contributed by atoms with Gasteiger partial charge in [0.2, 0.25) is 8.32 Å². The fourth-order valence-corrected chi connectivity index (χ4v) is 4.26. The molecule has 0 N–H and O–H groups in total. The number of carbonyl (C=O) groups excluding carboxylic acids is 1. The lowest BCUT2D eigenvalue weighted by molar-refractivity contribution is 0.0771. The van der Waals surface area contributed by atoms with Gasteiger partial charge in [-0.1, -0.05) is 18.2 Å². The van der Waals surface area contributed by atoms with Gasteiger partial charge in [0.05, 0.1) is 5.76 Å². The van der Waals surface area contributed by atoms with Crippen LogP contribution in [-0.4, -0.2) is 32.2 Å². The summed E-state index contributed by atoms with van der Waals surface area (Å²) in [5.41, 5.74) is 1.99. The first-order chi connectivity index (χ1) is 11.4. The van der Waals surface area contributed by atoms with E-state index in [0.29, 0.717) is 0 Å². The summed E-state index contributed by atoms with van der Waals surface area (Å²) in [5.74, 6) is 1.54. The number of hydrogen-bond donors (Lipinski definition) is 0. The highest BCUT2D eigenvalue weighted by Crippen LogP contribution is 2.34. The fourth-order valence-electron chi connectivity index (χ4n) is 3.31. The predicted octanol–water partition coefficient (Wildman–Crippen LogP) is 5.17. The monoisotopic (exact) mass is 345 g/mol. The van der Waals surface area contributed by atoms with Crippen molar-refractivity contribution in [2.45, 2.75) is 58.7 Å². The van der Waals surface area contributed by atoms with Gasteiger partial charge in [-0.25, -0.2) is 0 Å². The van der Waals surface area contributed by atoms with Gasteiger partial charge in [-0.2, -0.15) is 0 Å². The Hall–Kier alpha value is -1.55. The second-order valence-electron chi connectivity index (χ2n) is 7.41. The fraction of sp³-hybridized carbons (Fsp3) is 0.550. The lowest BCUT2D eigenvalue weighted by atomic mass is 9.85. The van der Waals surface area contributed by atoms with Gasteiger partial charge in [-0.05, 0) is 64.0 Å². The van der Waals surface area contributed by atoms with Crippen molar-refractivity contribution in [3.05, 3.63) is 47.2 Å². The molecule has 1 atom stereocenters. The molecule has 0 saturated heterocycles. The molecule has 0 aromatic heterocycles. The molecule has 24 heavy (non-hydrogen) atoms. The van der Waals surface area contributed by atoms with Crippen LogP contribution in [0.4, 0.5) is 0 Å². The maximum Gasteiger partial charge on any atom is 0.254 e. The standard InChI is InChI=1S/C20H31NO2Si/c1-6-21(7-2)20(22)19-14-9-8-13-18(19)16-11-10-12-17(15-16)23-24(3,4)5/h8-9,13-16H,6-7,10-12H2,1-5H3. The summed E-state index contributed by atoms with van der Waals surface area (Å²) in [6, 6.07) is 8.08. The Kier molecular flexibility index (Phi) is 6.27. The highest BCUT2D eigenvalue weighted by Gasteiger charge is 2.25. The summed E-state index contributed by atoms with van der Waals surface area (Å²) in [5, 5.41) is 0. The molecule has 2 rings (SSSR count). The van der Waals surface area contributed by atoms with Gasteiger partial charge in [-0.15, -0.1) is 0 Å². The lowest BCUT2D eigenvalue weighted by Gasteiger charge is -2.28. The van der Waals surface area contributed by atoms with E-state index in [0.717, 1.165) is 49.2 Å². The Balaban J connectivity index is 2.32. The van der Waals surface area contributed by atoms with Crippen LogP contribution in [0, 0.1) is 0 Å². The van der Waals surface area contributed by atoms with Gasteiger partial charge in [0.25, 0.3) is 5.91 Å². The van der Waals surface area contributed by atoms with E-state index >= 15 is 0 Å². The van der Waals surface area contributed by atoms with Crippen molar-refractivity contribution in [3.8, 4) is 0 Å². The first kappa shape index (κ1) is 18.8. The molecule has 0 saturated carbocycles. The third kappa shape index (κ3) is 4.73. The molecule has 3 nitrogen and oxygen atoms in total. The van der Waals surface area contributed by atoms with Crippen LogP contribution in [0.25, 0.3) is 0 Å². The molecule has 0 radical (unpaired) electrons. The van der Waals surface area contributed by atoms with Crippen LogP contribution in [0.5, 0.6) is 0 Å². The first-order valence-corrected chi connectivity index (χ1v) is 12.5. The van der Waals surface area contributed by atoms with Crippen molar-refractivity contribution in [1.29, 1.82) is 0 Å². The van der Waals surface area contributed by atoms with Crippen LogP contribution in [0.1, 0.15) is 54.9 Å². The van der Waals surface area contributed by atoms with Crippen molar-refractivity contribution < 1.29 is 9.22 Å². The van der Waals surface area contributed by atoms with Gasteiger partial charge in [-0.3, -0.25) is 4.79 Å². The Morgan fingerprint density at radius 3 is 2.50 bits per heavy atom. The molecule has 0 bridgehead atoms. The topological polar surface area (TPSA) is 29.5 Å². The van der Waals surface area contributed by atoms with Crippen LogP contribution in [0.3, 0.4) is 0 Å². The highest BCUT2D eigenvalue weighted by atomic mass is 28.4. The van der Waals surface area contributed by atoms with E-state index in [1.165, 1.54) is 0 Å². The largest absolute Gasteiger partial charge is 0.548 e. The van der Waals surface area contributed by atoms with Crippen molar-refractivity contribution in [2.24, 2.45) is 0 Å². The van der Waals surface area contributed by atoms with Gasteiger partial charge < -0.3 is 9.33 Å². The second-order valence-corrected chi connectivity index (χ2v) is 11.8. The van der Waals surface area contributed by atoms with Crippen LogP contribution >= 0.6 is 0 Å². The Labute approximate surface area is 147 Å². The molecule has 0 aliphatic heterocycles. The van der Waals surface area contributed by atoms with Gasteiger partial charge in [0.15, 0.2) is 0 Å². The molecule has 0 spiro atoms. The van der Waals surface area contributed by atoms with Gasteiger partial charge in [0.1, 0.15) is 0 Å². The van der Waals surface area contributed by atoms with Crippen LogP contribution in [0.15, 0.2) is 36.1 Å². The molecule has 1 aliphatic rings. The summed E-state index contributed by atoms with van der Waals surface area (Å²) in [6.07, 6.45) is 5.49. The molecule has 1 aromatic carbocycles. The molecule has 0 heterocycles. The summed E-state index contributed by atoms with van der Waals surface area (Å²) in [6.45, 7) is 12.2. The number of hydrogen-bond acceptors (Lipinski definition) is 2. The Bertz CT molecular complexity index is 600. The van der Waals surface area contributed by atoms with E-state index in [4.69, 9.17) is 4.43 Å². The van der Waals surface area contributed by atoms with Crippen molar-refractivity contribution in [3.63, 3.8) is 0 Å². The van der Waals surface area contributed by atoms with Crippen molar-refractivity contribution in [1.82, 2.24) is 4.90 Å². The summed E-state index contributed by atoms with van der Waals surface area (Å²) >= 11 is 0. The molecular weight excluding hydrogens is 314 g/mol. The average Bonchev–Trinajstić information content (AvgIpc) is 2.54. The van der Waals surface area contributed by atoms with Crippen molar-refractivity contribution >= 4 is 14.2 Å². The van der Waals surface area contributed by atoms with E-state index in [9.17, 15) is 4.79 Å². The molecule has 1 aromatic rings. The number of rotatable bonds is 6. The Morgan fingerprint density at radius 1 is 1.21 bits per heavy atom. The minimum Gasteiger partial charge on any atom is -0.548 e. The zero-order valence-corrected chi connectivity index (χ0v) is 16.8. The number of amides is 1. The third-order valence-corrected chi connectivity index (χ3v) is 5.28. The summed E-state index contributed by atoms with van der Waals surface area (Å²) in [7, 11) is -1.58. The molecule has 1 aliphatic carbocycles. The maximum atomic E-state index is 12.9. The zero-order valence-electron chi connectivity index (χ0n) is 15.8. The van der Waals surface area contributed by atoms with E-state index in [-0.39, 0.29) is 11.8 Å². The van der Waals surface area contributed by atoms with E-state index < -0.39 is 8.32 Å².